The minimum Gasteiger partial charge on any atom is -0.368 e. The smallest absolute Gasteiger partial charge is 0.325 e. The van der Waals surface area contributed by atoms with Crippen LogP contribution in [-0.4, -0.2) is 61.7 Å². The number of hydrogen-bond acceptors (Lipinski definition) is 5. The molecule has 0 amide bonds. The van der Waals surface area contributed by atoms with Crippen LogP contribution in [0, 0.1) is 0 Å². The molecule has 2 fully saturated rings. The maximum absolute atomic E-state index is 11.7. The standard InChI is InChI=1S/C15H29N3O2/c19-15(20-18-11-5-2-6-12-18)7-3-1-4-10-17-13-8-16-9-14-17/h16H,1-14H2. The molecule has 0 aromatic carbocycles. The van der Waals surface area contributed by atoms with Crippen LogP contribution in [0.2, 0.25) is 0 Å². The summed E-state index contributed by atoms with van der Waals surface area (Å²) in [6, 6.07) is 0. The Kier molecular flexibility index (Phi) is 7.33. The predicted molar refractivity (Wildman–Crippen MR) is 79.3 cm³/mol. The third-order valence-corrected chi connectivity index (χ3v) is 4.11. The maximum Gasteiger partial charge on any atom is 0.325 e. The molecule has 2 saturated heterocycles. The Hall–Kier alpha value is -0.650. The predicted octanol–water partition coefficient (Wildman–Crippen LogP) is 1.40. The number of rotatable bonds is 7. The molecule has 1 N–H and O–H groups in total. The van der Waals surface area contributed by atoms with Crippen LogP contribution < -0.4 is 5.32 Å². The van der Waals surface area contributed by atoms with Crippen molar-refractivity contribution in [1.29, 1.82) is 0 Å². The van der Waals surface area contributed by atoms with Gasteiger partial charge in [-0.2, -0.15) is 0 Å². The minimum atomic E-state index is -0.0472. The summed E-state index contributed by atoms with van der Waals surface area (Å²) in [5, 5.41) is 5.20. The number of piperazine rings is 1. The number of hydroxylamine groups is 2. The normalized spacial score (nSPS) is 21.8. The van der Waals surface area contributed by atoms with Gasteiger partial charge in [-0.05, 0) is 32.2 Å². The molecule has 5 nitrogen and oxygen atoms in total. The fourth-order valence-electron chi connectivity index (χ4n) is 2.86. The van der Waals surface area contributed by atoms with E-state index < -0.39 is 0 Å². The zero-order valence-electron chi connectivity index (χ0n) is 12.6. The Bertz CT molecular complexity index is 274. The zero-order chi connectivity index (χ0) is 14.0. The van der Waals surface area contributed by atoms with Gasteiger partial charge < -0.3 is 15.1 Å². The lowest BCUT2D eigenvalue weighted by atomic mass is 10.2. The van der Waals surface area contributed by atoms with Crippen molar-refractivity contribution >= 4 is 5.97 Å². The highest BCUT2D eigenvalue weighted by Gasteiger charge is 2.14. The van der Waals surface area contributed by atoms with Gasteiger partial charge in [0.05, 0.1) is 0 Å². The van der Waals surface area contributed by atoms with Crippen LogP contribution in [0.1, 0.15) is 44.9 Å². The van der Waals surface area contributed by atoms with Crippen molar-refractivity contribution in [2.45, 2.75) is 44.9 Å². The monoisotopic (exact) mass is 283 g/mol. The topological polar surface area (TPSA) is 44.8 Å². The lowest BCUT2D eigenvalue weighted by Gasteiger charge is -2.27. The van der Waals surface area contributed by atoms with Crippen LogP contribution in [0.3, 0.4) is 0 Å². The minimum absolute atomic E-state index is 0.0472. The molecule has 2 aliphatic rings. The van der Waals surface area contributed by atoms with E-state index in [1.165, 1.54) is 19.4 Å². The molecule has 2 aliphatic heterocycles. The number of unbranched alkanes of at least 4 members (excludes halogenated alkanes) is 2. The zero-order valence-corrected chi connectivity index (χ0v) is 12.6. The Morgan fingerprint density at radius 2 is 1.70 bits per heavy atom. The molecule has 2 rings (SSSR count). The van der Waals surface area contributed by atoms with Crippen molar-refractivity contribution in [3.63, 3.8) is 0 Å². The first-order valence-electron chi connectivity index (χ1n) is 8.23. The van der Waals surface area contributed by atoms with Crippen molar-refractivity contribution in [3.8, 4) is 0 Å². The number of carbonyl (C=O) groups is 1. The first kappa shape index (κ1) is 15.7. The van der Waals surface area contributed by atoms with E-state index >= 15 is 0 Å². The summed E-state index contributed by atoms with van der Waals surface area (Å²) in [4.78, 5) is 19.6. The molecule has 0 radical (unpaired) electrons. The van der Waals surface area contributed by atoms with Crippen molar-refractivity contribution in [3.05, 3.63) is 0 Å². The molecule has 0 aromatic rings. The number of hydrogen-bond donors (Lipinski definition) is 1. The van der Waals surface area contributed by atoms with Crippen molar-refractivity contribution in [2.75, 3.05) is 45.8 Å². The third-order valence-electron chi connectivity index (χ3n) is 4.11. The Labute approximate surface area is 122 Å². The summed E-state index contributed by atoms with van der Waals surface area (Å²) in [6.45, 7) is 7.55. The molecule has 0 aromatic heterocycles. The summed E-state index contributed by atoms with van der Waals surface area (Å²) < 4.78 is 0. The van der Waals surface area contributed by atoms with Crippen LogP contribution in [0.5, 0.6) is 0 Å². The highest BCUT2D eigenvalue weighted by Crippen LogP contribution is 2.10. The van der Waals surface area contributed by atoms with Gasteiger partial charge in [0.25, 0.3) is 0 Å². The fraction of sp³-hybridized carbons (Fsp3) is 0.933. The summed E-state index contributed by atoms with van der Waals surface area (Å²) in [5.74, 6) is -0.0472. The molecule has 116 valence electrons. The van der Waals surface area contributed by atoms with Gasteiger partial charge in [0, 0.05) is 45.7 Å². The van der Waals surface area contributed by atoms with E-state index in [2.05, 4.69) is 10.2 Å². The van der Waals surface area contributed by atoms with Gasteiger partial charge in [-0.15, -0.1) is 5.06 Å². The average Bonchev–Trinajstić information content (AvgIpc) is 2.49. The van der Waals surface area contributed by atoms with Crippen molar-refractivity contribution in [1.82, 2.24) is 15.3 Å². The van der Waals surface area contributed by atoms with E-state index in [4.69, 9.17) is 4.84 Å². The molecule has 0 aliphatic carbocycles. The van der Waals surface area contributed by atoms with Gasteiger partial charge in [-0.3, -0.25) is 4.79 Å². The van der Waals surface area contributed by atoms with E-state index in [1.54, 1.807) is 0 Å². The number of carbonyl (C=O) groups excluding carboxylic acids is 1. The highest BCUT2D eigenvalue weighted by molar-refractivity contribution is 5.68. The third kappa shape index (κ3) is 6.20. The van der Waals surface area contributed by atoms with Gasteiger partial charge in [0.1, 0.15) is 0 Å². The second-order valence-electron chi connectivity index (χ2n) is 5.86. The quantitative estimate of drug-likeness (QED) is 0.716. The SMILES string of the molecule is O=C(CCCCCN1CCNCC1)ON1CCCCC1. The first-order valence-corrected chi connectivity index (χ1v) is 8.23. The molecule has 0 spiro atoms. The molecular weight excluding hydrogens is 254 g/mol. The van der Waals surface area contributed by atoms with Gasteiger partial charge in [0.2, 0.25) is 0 Å². The van der Waals surface area contributed by atoms with E-state index in [-0.39, 0.29) is 5.97 Å². The van der Waals surface area contributed by atoms with E-state index in [0.29, 0.717) is 6.42 Å². The second kappa shape index (κ2) is 9.32. The highest BCUT2D eigenvalue weighted by atomic mass is 16.7. The summed E-state index contributed by atoms with van der Waals surface area (Å²) in [7, 11) is 0. The summed E-state index contributed by atoms with van der Waals surface area (Å²) in [5.41, 5.74) is 0. The molecule has 0 unspecified atom stereocenters. The number of nitrogens with zero attached hydrogens (tertiary/aromatic N) is 2. The van der Waals surface area contributed by atoms with Gasteiger partial charge in [0.15, 0.2) is 0 Å². The Balaban J connectivity index is 1.44. The Morgan fingerprint density at radius 3 is 2.45 bits per heavy atom. The molecular formula is C15H29N3O2. The van der Waals surface area contributed by atoms with Crippen LogP contribution in [0.25, 0.3) is 0 Å². The van der Waals surface area contributed by atoms with Crippen LogP contribution in [-0.2, 0) is 9.63 Å². The second-order valence-corrected chi connectivity index (χ2v) is 5.86. The van der Waals surface area contributed by atoms with Crippen LogP contribution >= 0.6 is 0 Å². The molecule has 2 heterocycles. The van der Waals surface area contributed by atoms with Gasteiger partial charge >= 0.3 is 5.97 Å². The van der Waals surface area contributed by atoms with Crippen molar-refractivity contribution < 1.29 is 9.63 Å². The number of piperidine rings is 1. The maximum atomic E-state index is 11.7. The van der Waals surface area contributed by atoms with Crippen molar-refractivity contribution in [2.24, 2.45) is 0 Å². The number of nitrogens with one attached hydrogen (secondary N) is 1. The van der Waals surface area contributed by atoms with E-state index in [1.807, 2.05) is 5.06 Å². The molecule has 20 heavy (non-hydrogen) atoms. The first-order chi connectivity index (χ1) is 9.84. The van der Waals surface area contributed by atoms with Crippen LogP contribution in [0.4, 0.5) is 0 Å². The van der Waals surface area contributed by atoms with E-state index in [0.717, 1.165) is 65.0 Å². The van der Waals surface area contributed by atoms with E-state index in [9.17, 15) is 4.79 Å². The lowest BCUT2D eigenvalue weighted by Crippen LogP contribution is -2.43. The summed E-state index contributed by atoms with van der Waals surface area (Å²) >= 11 is 0. The average molecular weight is 283 g/mol. The molecule has 0 bridgehead atoms. The molecule has 0 atom stereocenters. The summed E-state index contributed by atoms with van der Waals surface area (Å²) in [6.07, 6.45) is 7.41. The van der Waals surface area contributed by atoms with Gasteiger partial charge in [-0.1, -0.05) is 12.8 Å². The van der Waals surface area contributed by atoms with Gasteiger partial charge in [-0.25, -0.2) is 0 Å². The lowest BCUT2D eigenvalue weighted by molar-refractivity contribution is -0.194. The molecule has 0 saturated carbocycles. The molecule has 5 heteroatoms. The van der Waals surface area contributed by atoms with Crippen LogP contribution in [0.15, 0.2) is 0 Å². The largest absolute Gasteiger partial charge is 0.368 e. The fourth-order valence-corrected chi connectivity index (χ4v) is 2.86. The Morgan fingerprint density at radius 1 is 0.950 bits per heavy atom.